The highest BCUT2D eigenvalue weighted by Gasteiger charge is 2.08. The summed E-state index contributed by atoms with van der Waals surface area (Å²) in [6.45, 7) is 4.49. The van der Waals surface area contributed by atoms with Crippen molar-refractivity contribution in [3.8, 4) is 0 Å². The maximum Gasteiger partial charge on any atom is 0.102 e. The van der Waals surface area contributed by atoms with Crippen LogP contribution in [0.25, 0.3) is 10.2 Å². The maximum atomic E-state index is 2.27. The van der Waals surface area contributed by atoms with Gasteiger partial charge in [-0.25, -0.2) is 0 Å². The number of aromatic nitrogens is 1. The van der Waals surface area contributed by atoms with Crippen LogP contribution in [0.2, 0.25) is 0 Å². The van der Waals surface area contributed by atoms with Crippen LogP contribution in [0.1, 0.15) is 25.3 Å². The molecule has 0 aliphatic carbocycles. The number of aryl methyl sites for hydroxylation is 1. The average Bonchev–Trinajstić information content (AvgIpc) is 2.53. The van der Waals surface area contributed by atoms with E-state index in [0.717, 1.165) is 0 Å². The van der Waals surface area contributed by atoms with Crippen molar-refractivity contribution >= 4 is 21.6 Å². The van der Waals surface area contributed by atoms with Gasteiger partial charge < -0.3 is 4.57 Å². The maximum absolute atomic E-state index is 2.27. The molecule has 2 aromatic heterocycles. The Bertz CT molecular complexity index is 395. The van der Waals surface area contributed by atoms with Crippen molar-refractivity contribution in [1.82, 2.24) is 4.57 Å². The summed E-state index contributed by atoms with van der Waals surface area (Å²) in [7, 11) is 2.10. The molecule has 0 fully saturated rings. The number of hydrogen-bond acceptors (Lipinski definition) is 1. The van der Waals surface area contributed by atoms with Gasteiger partial charge in [0.25, 0.3) is 0 Å². The first-order valence-electron chi connectivity index (χ1n) is 4.22. The van der Waals surface area contributed by atoms with E-state index in [9.17, 15) is 0 Å². The Hall–Kier alpha value is -0.760. The van der Waals surface area contributed by atoms with Gasteiger partial charge in [-0.2, -0.15) is 0 Å². The van der Waals surface area contributed by atoms with Crippen LogP contribution >= 0.6 is 11.3 Å². The van der Waals surface area contributed by atoms with Crippen LogP contribution in [0.3, 0.4) is 0 Å². The molecule has 2 heterocycles. The van der Waals surface area contributed by atoms with E-state index in [4.69, 9.17) is 0 Å². The number of nitrogens with zero attached hydrogens (tertiary/aromatic N) is 1. The van der Waals surface area contributed by atoms with E-state index in [1.807, 2.05) is 11.3 Å². The molecule has 0 saturated heterocycles. The van der Waals surface area contributed by atoms with Crippen molar-refractivity contribution in [1.29, 1.82) is 0 Å². The minimum absolute atomic E-state index is 0.640. The third-order valence-corrected chi connectivity index (χ3v) is 3.35. The van der Waals surface area contributed by atoms with Crippen LogP contribution < -0.4 is 0 Å². The molecule has 2 rings (SSSR count). The fraction of sp³-hybridized carbons (Fsp3) is 0.400. The van der Waals surface area contributed by atoms with E-state index in [2.05, 4.69) is 43.1 Å². The highest BCUT2D eigenvalue weighted by molar-refractivity contribution is 7.17. The van der Waals surface area contributed by atoms with Crippen LogP contribution in [0.5, 0.6) is 0 Å². The minimum atomic E-state index is 0.640. The zero-order valence-corrected chi connectivity index (χ0v) is 8.48. The van der Waals surface area contributed by atoms with Crippen LogP contribution in [0, 0.1) is 0 Å². The van der Waals surface area contributed by atoms with Gasteiger partial charge in [-0.15, -0.1) is 11.3 Å². The van der Waals surface area contributed by atoms with Crippen LogP contribution in [0.15, 0.2) is 17.6 Å². The molecular weight excluding hydrogens is 166 g/mol. The molecule has 1 nitrogen and oxygen atoms in total. The zero-order valence-electron chi connectivity index (χ0n) is 7.66. The van der Waals surface area contributed by atoms with E-state index in [-0.39, 0.29) is 0 Å². The fourth-order valence-electron chi connectivity index (χ4n) is 1.51. The Balaban J connectivity index is 2.71. The van der Waals surface area contributed by atoms with E-state index in [1.165, 1.54) is 15.8 Å². The summed E-state index contributed by atoms with van der Waals surface area (Å²) in [4.78, 5) is 1.39. The average molecular weight is 179 g/mol. The molecule has 2 heteroatoms. The van der Waals surface area contributed by atoms with Crippen molar-refractivity contribution in [3.05, 3.63) is 23.2 Å². The van der Waals surface area contributed by atoms with E-state index < -0.39 is 0 Å². The Morgan fingerprint density at radius 1 is 1.42 bits per heavy atom. The molecule has 0 radical (unpaired) electrons. The molecule has 0 amide bonds. The number of hydrogen-bond donors (Lipinski definition) is 0. The molecule has 0 aliphatic heterocycles. The van der Waals surface area contributed by atoms with Crippen molar-refractivity contribution in [2.75, 3.05) is 0 Å². The second-order valence-corrected chi connectivity index (χ2v) is 4.35. The molecule has 0 atom stereocenters. The molecule has 2 aromatic rings. The molecular formula is C10H13NS. The van der Waals surface area contributed by atoms with Crippen molar-refractivity contribution in [3.63, 3.8) is 0 Å². The number of thiophene rings is 1. The Morgan fingerprint density at radius 3 is 2.83 bits per heavy atom. The Labute approximate surface area is 76.6 Å². The van der Waals surface area contributed by atoms with Gasteiger partial charge in [-0.3, -0.25) is 0 Å². The van der Waals surface area contributed by atoms with Gasteiger partial charge in [-0.05, 0) is 22.9 Å². The largest absolute Gasteiger partial charge is 0.342 e. The summed E-state index contributed by atoms with van der Waals surface area (Å²) in [6, 6.07) is 2.21. The lowest BCUT2D eigenvalue weighted by Crippen LogP contribution is -1.82. The molecule has 0 saturated carbocycles. The SMILES string of the molecule is CC(C)c1csc2c1ccn2C. The third-order valence-electron chi connectivity index (χ3n) is 2.25. The predicted octanol–water partition coefficient (Wildman–Crippen LogP) is 3.36. The summed E-state index contributed by atoms with van der Waals surface area (Å²) in [5.74, 6) is 0.640. The summed E-state index contributed by atoms with van der Waals surface area (Å²) < 4.78 is 2.19. The molecule has 12 heavy (non-hydrogen) atoms. The molecule has 0 spiro atoms. The number of rotatable bonds is 1. The van der Waals surface area contributed by atoms with Crippen molar-refractivity contribution < 1.29 is 0 Å². The third kappa shape index (κ3) is 0.985. The summed E-state index contributed by atoms with van der Waals surface area (Å²) in [6.07, 6.45) is 2.13. The van der Waals surface area contributed by atoms with E-state index in [0.29, 0.717) is 5.92 Å². The minimum Gasteiger partial charge on any atom is -0.342 e. The highest BCUT2D eigenvalue weighted by atomic mass is 32.1. The predicted molar refractivity (Wildman–Crippen MR) is 54.9 cm³/mol. The van der Waals surface area contributed by atoms with Crippen LogP contribution in [-0.4, -0.2) is 4.57 Å². The second kappa shape index (κ2) is 2.63. The van der Waals surface area contributed by atoms with E-state index >= 15 is 0 Å². The lowest BCUT2D eigenvalue weighted by atomic mass is 10.1. The van der Waals surface area contributed by atoms with Gasteiger partial charge in [0.15, 0.2) is 0 Å². The van der Waals surface area contributed by atoms with Crippen LogP contribution in [-0.2, 0) is 7.05 Å². The van der Waals surface area contributed by atoms with Gasteiger partial charge >= 0.3 is 0 Å². The first kappa shape index (κ1) is 7.87. The Morgan fingerprint density at radius 2 is 2.17 bits per heavy atom. The Kier molecular flexibility index (Phi) is 1.72. The van der Waals surface area contributed by atoms with Gasteiger partial charge in [0.05, 0.1) is 0 Å². The summed E-state index contributed by atoms with van der Waals surface area (Å²) in [5.41, 5.74) is 1.48. The molecule has 0 N–H and O–H groups in total. The molecule has 0 bridgehead atoms. The molecule has 64 valence electrons. The first-order valence-corrected chi connectivity index (χ1v) is 5.10. The standard InChI is InChI=1S/C10H13NS/c1-7(2)9-6-12-10-8(9)4-5-11(10)3/h4-7H,1-3H3. The van der Waals surface area contributed by atoms with E-state index in [1.54, 1.807) is 0 Å². The van der Waals surface area contributed by atoms with Gasteiger partial charge in [-0.1, -0.05) is 13.8 Å². The van der Waals surface area contributed by atoms with Crippen LogP contribution in [0.4, 0.5) is 0 Å². The van der Waals surface area contributed by atoms with Gasteiger partial charge in [0.2, 0.25) is 0 Å². The van der Waals surface area contributed by atoms with Gasteiger partial charge in [0, 0.05) is 18.6 Å². The first-order chi connectivity index (χ1) is 5.70. The second-order valence-electron chi connectivity index (χ2n) is 3.49. The lowest BCUT2D eigenvalue weighted by Gasteiger charge is -1.99. The topological polar surface area (TPSA) is 4.93 Å². The monoisotopic (exact) mass is 179 g/mol. The molecule has 0 aliphatic rings. The molecule has 0 unspecified atom stereocenters. The summed E-state index contributed by atoms with van der Waals surface area (Å²) in [5, 5.41) is 3.70. The van der Waals surface area contributed by atoms with Crippen molar-refractivity contribution in [2.45, 2.75) is 19.8 Å². The number of fused-ring (bicyclic) bond motifs is 1. The smallest absolute Gasteiger partial charge is 0.102 e. The zero-order chi connectivity index (χ0) is 8.72. The fourth-order valence-corrected chi connectivity index (χ4v) is 2.69. The van der Waals surface area contributed by atoms with Crippen molar-refractivity contribution in [2.24, 2.45) is 7.05 Å². The molecule has 0 aromatic carbocycles. The highest BCUT2D eigenvalue weighted by Crippen LogP contribution is 2.31. The van der Waals surface area contributed by atoms with Gasteiger partial charge in [0.1, 0.15) is 4.83 Å². The quantitative estimate of drug-likeness (QED) is 0.632. The summed E-state index contributed by atoms with van der Waals surface area (Å²) >= 11 is 1.84. The normalized spacial score (nSPS) is 11.7. The lowest BCUT2D eigenvalue weighted by molar-refractivity contribution is 0.880.